The van der Waals surface area contributed by atoms with Gasteiger partial charge in [-0.05, 0) is 6.92 Å². The Morgan fingerprint density at radius 1 is 1.11 bits per heavy atom. The van der Waals surface area contributed by atoms with Crippen LogP contribution in [0.3, 0.4) is 0 Å². The standard InChI is InChI=1S/C5H6O4.C4H7NO4/c1-3(5(8)9)2-4(6)7;5-2(4(8)9)1-3(6)7/h2H,1H3,(H,6,7)(H,8,9);2H,1,5H2,(H,6,7)(H,8,9)/b3-2-;. The molecular weight excluding hydrogens is 250 g/mol. The van der Waals surface area contributed by atoms with Gasteiger partial charge in [0.15, 0.2) is 0 Å². The Morgan fingerprint density at radius 2 is 1.56 bits per heavy atom. The van der Waals surface area contributed by atoms with Crippen molar-refractivity contribution in [1.29, 1.82) is 0 Å². The van der Waals surface area contributed by atoms with Crippen molar-refractivity contribution in [3.63, 3.8) is 0 Å². The van der Waals surface area contributed by atoms with E-state index in [4.69, 9.17) is 26.2 Å². The molecule has 0 fully saturated rings. The second-order valence-electron chi connectivity index (χ2n) is 3.01. The van der Waals surface area contributed by atoms with E-state index in [-0.39, 0.29) is 5.57 Å². The van der Waals surface area contributed by atoms with Crippen LogP contribution in [-0.4, -0.2) is 50.3 Å². The molecule has 0 spiro atoms. The highest BCUT2D eigenvalue weighted by molar-refractivity contribution is 5.94. The predicted molar refractivity (Wildman–Crippen MR) is 56.9 cm³/mol. The van der Waals surface area contributed by atoms with Crippen LogP contribution in [0.4, 0.5) is 0 Å². The van der Waals surface area contributed by atoms with Crippen LogP contribution in [0.15, 0.2) is 11.6 Å². The minimum Gasteiger partial charge on any atom is -0.481 e. The van der Waals surface area contributed by atoms with Gasteiger partial charge in [0.1, 0.15) is 6.04 Å². The largest absolute Gasteiger partial charge is 0.481 e. The molecule has 0 aliphatic carbocycles. The lowest BCUT2D eigenvalue weighted by Crippen LogP contribution is -2.32. The van der Waals surface area contributed by atoms with E-state index in [0.717, 1.165) is 0 Å². The van der Waals surface area contributed by atoms with Gasteiger partial charge in [0.2, 0.25) is 0 Å². The van der Waals surface area contributed by atoms with Crippen molar-refractivity contribution < 1.29 is 39.6 Å². The lowest BCUT2D eigenvalue weighted by molar-refractivity contribution is -0.144. The lowest BCUT2D eigenvalue weighted by atomic mass is 10.2. The number of hydrogen-bond acceptors (Lipinski definition) is 5. The number of rotatable bonds is 5. The highest BCUT2D eigenvalue weighted by Crippen LogP contribution is 1.89. The fourth-order valence-electron chi connectivity index (χ4n) is 0.522. The summed E-state index contributed by atoms with van der Waals surface area (Å²) in [5, 5.41) is 32.1. The molecule has 6 N–H and O–H groups in total. The molecule has 0 heterocycles. The van der Waals surface area contributed by atoms with Crippen molar-refractivity contribution >= 4 is 23.9 Å². The normalized spacial score (nSPS) is 11.8. The maximum absolute atomic E-state index is 9.90. The van der Waals surface area contributed by atoms with Crippen LogP contribution >= 0.6 is 0 Å². The molecule has 0 saturated carbocycles. The van der Waals surface area contributed by atoms with E-state index in [1.807, 2.05) is 0 Å². The van der Waals surface area contributed by atoms with Gasteiger partial charge in [-0.1, -0.05) is 0 Å². The fraction of sp³-hybridized carbons (Fsp3) is 0.333. The van der Waals surface area contributed by atoms with Crippen molar-refractivity contribution in [2.45, 2.75) is 19.4 Å². The highest BCUT2D eigenvalue weighted by Gasteiger charge is 2.14. The van der Waals surface area contributed by atoms with Gasteiger partial charge in [-0.2, -0.15) is 0 Å². The Hall–Kier alpha value is -2.42. The number of hydrogen-bond donors (Lipinski definition) is 5. The number of nitrogens with two attached hydrogens (primary N) is 1. The fourth-order valence-corrected chi connectivity index (χ4v) is 0.522. The zero-order valence-electron chi connectivity index (χ0n) is 9.36. The molecule has 18 heavy (non-hydrogen) atoms. The summed E-state index contributed by atoms with van der Waals surface area (Å²) in [6.45, 7) is 1.22. The molecule has 9 nitrogen and oxygen atoms in total. The number of carboxylic acid groups (broad SMARTS) is 4. The molecule has 0 saturated heterocycles. The quantitative estimate of drug-likeness (QED) is 0.388. The first-order valence-electron chi connectivity index (χ1n) is 4.42. The van der Waals surface area contributed by atoms with E-state index in [1.165, 1.54) is 6.92 Å². The van der Waals surface area contributed by atoms with Gasteiger partial charge < -0.3 is 26.2 Å². The van der Waals surface area contributed by atoms with Gasteiger partial charge in [-0.3, -0.25) is 9.59 Å². The van der Waals surface area contributed by atoms with Crippen molar-refractivity contribution in [2.75, 3.05) is 0 Å². The van der Waals surface area contributed by atoms with Gasteiger partial charge in [0.25, 0.3) is 0 Å². The Balaban J connectivity index is 0. The zero-order chi connectivity index (χ0) is 14.9. The summed E-state index contributed by atoms with van der Waals surface area (Å²) in [6.07, 6.45) is 0.109. The Morgan fingerprint density at radius 3 is 1.67 bits per heavy atom. The van der Waals surface area contributed by atoms with Gasteiger partial charge in [-0.15, -0.1) is 0 Å². The molecule has 1 unspecified atom stereocenters. The minimum atomic E-state index is -1.29. The molecule has 0 rings (SSSR count). The smallest absolute Gasteiger partial charge is 0.331 e. The summed E-state index contributed by atoms with van der Waals surface area (Å²) < 4.78 is 0. The van der Waals surface area contributed by atoms with E-state index in [9.17, 15) is 19.2 Å². The van der Waals surface area contributed by atoms with E-state index < -0.39 is 36.3 Å². The molecule has 0 aliphatic heterocycles. The molecule has 1 atom stereocenters. The summed E-state index contributed by atoms with van der Waals surface area (Å²) in [5.41, 5.74) is 4.66. The second-order valence-corrected chi connectivity index (χ2v) is 3.01. The molecular formula is C9H13NO8. The first kappa shape index (κ1) is 18.0. The van der Waals surface area contributed by atoms with E-state index in [2.05, 4.69) is 0 Å². The van der Waals surface area contributed by atoms with Crippen LogP contribution in [-0.2, 0) is 19.2 Å². The van der Waals surface area contributed by atoms with Gasteiger partial charge >= 0.3 is 23.9 Å². The molecule has 9 heteroatoms. The Bertz CT molecular complexity index is 373. The predicted octanol–water partition coefficient (Wildman–Crippen LogP) is -1.03. The highest BCUT2D eigenvalue weighted by atomic mass is 16.4. The average molecular weight is 263 g/mol. The van der Waals surface area contributed by atoms with Crippen molar-refractivity contribution in [1.82, 2.24) is 0 Å². The van der Waals surface area contributed by atoms with Crippen LogP contribution in [0.2, 0.25) is 0 Å². The minimum absolute atomic E-state index is 0.178. The second kappa shape index (κ2) is 8.70. The topological polar surface area (TPSA) is 175 Å². The number of carbonyl (C=O) groups is 4. The Labute approximate surface area is 101 Å². The summed E-state index contributed by atoms with van der Waals surface area (Å²) in [4.78, 5) is 39.3. The van der Waals surface area contributed by atoms with E-state index in [0.29, 0.717) is 6.08 Å². The maximum Gasteiger partial charge on any atom is 0.331 e. The van der Waals surface area contributed by atoms with E-state index in [1.54, 1.807) is 0 Å². The summed E-state index contributed by atoms with van der Waals surface area (Å²) in [6, 6.07) is -1.29. The van der Waals surface area contributed by atoms with Gasteiger partial charge in [0, 0.05) is 11.6 Å². The van der Waals surface area contributed by atoms with Gasteiger partial charge in [0.05, 0.1) is 6.42 Å². The van der Waals surface area contributed by atoms with Gasteiger partial charge in [-0.25, -0.2) is 9.59 Å². The third-order valence-corrected chi connectivity index (χ3v) is 1.39. The number of aliphatic carboxylic acids is 4. The van der Waals surface area contributed by atoms with E-state index >= 15 is 0 Å². The van der Waals surface area contributed by atoms with Crippen molar-refractivity contribution in [2.24, 2.45) is 5.73 Å². The lowest BCUT2D eigenvalue weighted by Gasteiger charge is -1.99. The van der Waals surface area contributed by atoms with Crippen LogP contribution in [0.5, 0.6) is 0 Å². The molecule has 0 aromatic heterocycles. The maximum atomic E-state index is 9.90. The summed E-state index contributed by atoms with van der Waals surface area (Å²) >= 11 is 0. The Kier molecular flexibility index (Phi) is 8.68. The molecule has 0 aromatic rings. The molecule has 0 radical (unpaired) electrons. The summed E-state index contributed by atoms with van der Waals surface area (Å²) in [5.74, 6) is -4.95. The van der Waals surface area contributed by atoms with Crippen LogP contribution in [0.25, 0.3) is 0 Å². The molecule has 102 valence electrons. The zero-order valence-corrected chi connectivity index (χ0v) is 9.36. The molecule has 0 amide bonds. The average Bonchev–Trinajstić information content (AvgIpc) is 2.16. The molecule has 0 bridgehead atoms. The van der Waals surface area contributed by atoms with Crippen LogP contribution in [0, 0.1) is 0 Å². The molecule has 0 aliphatic rings. The molecule has 0 aromatic carbocycles. The van der Waals surface area contributed by atoms with Crippen molar-refractivity contribution in [3.05, 3.63) is 11.6 Å². The first-order valence-corrected chi connectivity index (χ1v) is 4.42. The third kappa shape index (κ3) is 11.7. The summed E-state index contributed by atoms with van der Waals surface area (Å²) in [7, 11) is 0. The number of carboxylic acids is 4. The first-order chi connectivity index (χ1) is 8.07. The third-order valence-electron chi connectivity index (χ3n) is 1.39. The van der Waals surface area contributed by atoms with Crippen molar-refractivity contribution in [3.8, 4) is 0 Å². The SMILES string of the molecule is C/C(=C/C(=O)O)C(=O)O.NC(CC(=O)O)C(=O)O. The monoisotopic (exact) mass is 263 g/mol. The van der Waals surface area contributed by atoms with Crippen LogP contribution < -0.4 is 5.73 Å². The van der Waals surface area contributed by atoms with Crippen LogP contribution in [0.1, 0.15) is 13.3 Å².